The van der Waals surface area contributed by atoms with Gasteiger partial charge in [-0.15, -0.1) is 12.4 Å². The lowest BCUT2D eigenvalue weighted by Gasteiger charge is -2.31. The van der Waals surface area contributed by atoms with E-state index in [2.05, 4.69) is 15.9 Å². The Morgan fingerprint density at radius 2 is 2.00 bits per heavy atom. The first-order valence-corrected chi connectivity index (χ1v) is 8.60. The lowest BCUT2D eigenvalue weighted by molar-refractivity contribution is 0.0475. The van der Waals surface area contributed by atoms with E-state index in [4.69, 9.17) is 15.2 Å². The van der Waals surface area contributed by atoms with E-state index in [-0.39, 0.29) is 24.4 Å². The minimum Gasteiger partial charge on any atom is -0.486 e. The summed E-state index contributed by atoms with van der Waals surface area (Å²) in [4.78, 5) is 14.5. The smallest absolute Gasteiger partial charge is 0.256 e. The van der Waals surface area contributed by atoms with Crippen molar-refractivity contribution in [1.82, 2.24) is 4.90 Å². The average Bonchev–Trinajstić information content (AvgIpc) is 2.59. The van der Waals surface area contributed by atoms with E-state index >= 15 is 0 Å². The highest BCUT2D eigenvalue weighted by atomic mass is 79.9. The van der Waals surface area contributed by atoms with Crippen molar-refractivity contribution in [2.75, 3.05) is 25.4 Å². The number of carbonyl (C=O) groups is 1. The SMILES string of the molecule is CCN(CC1COc2ccccc2O1)C(=O)c1ccc(Br)cc1N.Cl. The summed E-state index contributed by atoms with van der Waals surface area (Å²) >= 11 is 3.35. The van der Waals surface area contributed by atoms with Gasteiger partial charge in [-0.3, -0.25) is 4.79 Å². The number of amides is 1. The van der Waals surface area contributed by atoms with Gasteiger partial charge in [0.2, 0.25) is 0 Å². The van der Waals surface area contributed by atoms with Crippen LogP contribution in [0.5, 0.6) is 11.5 Å². The molecule has 7 heteroatoms. The second kappa shape index (κ2) is 8.45. The molecule has 1 heterocycles. The van der Waals surface area contributed by atoms with Gasteiger partial charge in [-0.1, -0.05) is 28.1 Å². The van der Waals surface area contributed by atoms with Gasteiger partial charge in [0.1, 0.15) is 6.61 Å². The highest BCUT2D eigenvalue weighted by Gasteiger charge is 2.26. The fourth-order valence-electron chi connectivity index (χ4n) is 2.65. The molecule has 0 spiro atoms. The van der Waals surface area contributed by atoms with Gasteiger partial charge in [0.05, 0.1) is 12.1 Å². The van der Waals surface area contributed by atoms with Gasteiger partial charge in [0, 0.05) is 16.7 Å². The number of anilines is 1. The molecule has 1 atom stereocenters. The molecular formula is C18H20BrClN2O3. The number of likely N-dealkylation sites (N-methyl/N-ethyl adjacent to an activating group) is 1. The highest BCUT2D eigenvalue weighted by Crippen LogP contribution is 2.31. The molecule has 1 amide bonds. The molecule has 0 saturated heterocycles. The molecule has 1 aliphatic heterocycles. The number of carbonyl (C=O) groups excluding carboxylic acids is 1. The lowest BCUT2D eigenvalue weighted by atomic mass is 10.1. The van der Waals surface area contributed by atoms with Gasteiger partial charge in [-0.2, -0.15) is 0 Å². The van der Waals surface area contributed by atoms with Crippen molar-refractivity contribution >= 4 is 39.9 Å². The molecule has 0 fully saturated rings. The Kier molecular flexibility index (Phi) is 6.56. The van der Waals surface area contributed by atoms with E-state index in [1.54, 1.807) is 17.0 Å². The fourth-order valence-corrected chi connectivity index (χ4v) is 3.03. The Morgan fingerprint density at radius 1 is 1.28 bits per heavy atom. The lowest BCUT2D eigenvalue weighted by Crippen LogP contribution is -2.43. The van der Waals surface area contributed by atoms with E-state index < -0.39 is 0 Å². The Balaban J connectivity index is 0.00000225. The van der Waals surface area contributed by atoms with Crippen LogP contribution >= 0.6 is 28.3 Å². The van der Waals surface area contributed by atoms with Crippen molar-refractivity contribution in [3.05, 3.63) is 52.5 Å². The number of nitrogen functional groups attached to an aromatic ring is 1. The van der Waals surface area contributed by atoms with Crippen molar-refractivity contribution in [3.8, 4) is 11.5 Å². The Labute approximate surface area is 161 Å². The van der Waals surface area contributed by atoms with Crippen LogP contribution in [-0.2, 0) is 0 Å². The maximum Gasteiger partial charge on any atom is 0.256 e. The summed E-state index contributed by atoms with van der Waals surface area (Å²) in [6.07, 6.45) is -0.208. The molecule has 2 N–H and O–H groups in total. The van der Waals surface area contributed by atoms with Crippen LogP contribution in [0.1, 0.15) is 17.3 Å². The van der Waals surface area contributed by atoms with Crippen molar-refractivity contribution in [2.24, 2.45) is 0 Å². The molecule has 0 aromatic heterocycles. The maximum atomic E-state index is 12.8. The molecular weight excluding hydrogens is 408 g/mol. The van der Waals surface area contributed by atoms with Crippen LogP contribution < -0.4 is 15.2 Å². The van der Waals surface area contributed by atoms with Crippen LogP contribution in [0, 0.1) is 0 Å². The number of benzene rings is 2. The predicted molar refractivity (Wildman–Crippen MR) is 104 cm³/mol. The van der Waals surface area contributed by atoms with Crippen molar-refractivity contribution in [2.45, 2.75) is 13.0 Å². The molecule has 3 rings (SSSR count). The normalized spacial score (nSPS) is 15.2. The molecule has 25 heavy (non-hydrogen) atoms. The van der Waals surface area contributed by atoms with Crippen LogP contribution in [0.2, 0.25) is 0 Å². The predicted octanol–water partition coefficient (Wildman–Crippen LogP) is 3.76. The number of nitrogens with zero attached hydrogens (tertiary/aromatic N) is 1. The summed E-state index contributed by atoms with van der Waals surface area (Å²) in [7, 11) is 0. The summed E-state index contributed by atoms with van der Waals surface area (Å²) in [6, 6.07) is 12.8. The van der Waals surface area contributed by atoms with Gasteiger partial charge in [0.15, 0.2) is 17.6 Å². The maximum absolute atomic E-state index is 12.8. The third-order valence-corrected chi connectivity index (χ3v) is 4.40. The first-order valence-electron chi connectivity index (χ1n) is 7.81. The number of hydrogen-bond acceptors (Lipinski definition) is 4. The zero-order valence-electron chi connectivity index (χ0n) is 13.8. The number of fused-ring (bicyclic) bond motifs is 1. The molecule has 0 aliphatic carbocycles. The number of nitrogens with two attached hydrogens (primary N) is 1. The minimum atomic E-state index is -0.208. The first kappa shape index (κ1) is 19.4. The van der Waals surface area contributed by atoms with Crippen LogP contribution in [0.4, 0.5) is 5.69 Å². The fraction of sp³-hybridized carbons (Fsp3) is 0.278. The monoisotopic (exact) mass is 426 g/mol. The third-order valence-electron chi connectivity index (χ3n) is 3.90. The first-order chi connectivity index (χ1) is 11.6. The molecule has 5 nitrogen and oxygen atoms in total. The van der Waals surface area contributed by atoms with Gasteiger partial charge in [-0.25, -0.2) is 0 Å². The van der Waals surface area contributed by atoms with Crippen LogP contribution in [0.25, 0.3) is 0 Å². The Morgan fingerprint density at radius 3 is 2.68 bits per heavy atom. The molecule has 2 aromatic carbocycles. The van der Waals surface area contributed by atoms with Crippen molar-refractivity contribution < 1.29 is 14.3 Å². The number of ether oxygens (including phenoxy) is 2. The average molecular weight is 428 g/mol. The standard InChI is InChI=1S/C18H19BrN2O3.ClH/c1-2-21(18(22)14-8-7-12(19)9-15(14)20)10-13-11-23-16-5-3-4-6-17(16)24-13;/h3-9,13H,2,10-11,20H2,1H3;1H. The van der Waals surface area contributed by atoms with Crippen LogP contribution in [0.15, 0.2) is 46.9 Å². The van der Waals surface area contributed by atoms with E-state index in [0.717, 1.165) is 10.2 Å². The van der Waals surface area contributed by atoms with E-state index in [1.807, 2.05) is 37.3 Å². The summed E-state index contributed by atoms with van der Waals surface area (Å²) in [5.41, 5.74) is 6.93. The summed E-state index contributed by atoms with van der Waals surface area (Å²) in [5.74, 6) is 1.34. The summed E-state index contributed by atoms with van der Waals surface area (Å²) in [5, 5.41) is 0. The van der Waals surface area contributed by atoms with Gasteiger partial charge in [-0.05, 0) is 37.3 Å². The van der Waals surface area contributed by atoms with Gasteiger partial charge < -0.3 is 20.1 Å². The van der Waals surface area contributed by atoms with Crippen LogP contribution in [-0.4, -0.2) is 36.6 Å². The number of para-hydroxylation sites is 2. The van der Waals surface area contributed by atoms with E-state index in [1.165, 1.54) is 0 Å². The topological polar surface area (TPSA) is 64.8 Å². The second-order valence-electron chi connectivity index (χ2n) is 5.57. The Hall–Kier alpha value is -1.92. The second-order valence-corrected chi connectivity index (χ2v) is 6.49. The molecule has 0 radical (unpaired) electrons. The zero-order valence-corrected chi connectivity index (χ0v) is 16.2. The quantitative estimate of drug-likeness (QED) is 0.755. The van der Waals surface area contributed by atoms with Gasteiger partial charge >= 0.3 is 0 Å². The molecule has 1 unspecified atom stereocenters. The van der Waals surface area contributed by atoms with Gasteiger partial charge in [0.25, 0.3) is 5.91 Å². The summed E-state index contributed by atoms with van der Waals surface area (Å²) in [6.45, 7) is 3.36. The summed E-state index contributed by atoms with van der Waals surface area (Å²) < 4.78 is 12.5. The molecule has 134 valence electrons. The van der Waals surface area contributed by atoms with Crippen molar-refractivity contribution in [3.63, 3.8) is 0 Å². The zero-order chi connectivity index (χ0) is 17.1. The number of halogens is 2. The van der Waals surface area contributed by atoms with E-state index in [0.29, 0.717) is 36.7 Å². The largest absolute Gasteiger partial charge is 0.486 e. The number of hydrogen-bond donors (Lipinski definition) is 1. The van der Waals surface area contributed by atoms with Crippen molar-refractivity contribution in [1.29, 1.82) is 0 Å². The highest BCUT2D eigenvalue weighted by molar-refractivity contribution is 9.10. The minimum absolute atomic E-state index is 0. The molecule has 0 saturated carbocycles. The van der Waals surface area contributed by atoms with Crippen LogP contribution in [0.3, 0.4) is 0 Å². The molecule has 2 aromatic rings. The Bertz CT molecular complexity index is 757. The third kappa shape index (κ3) is 4.38. The number of rotatable bonds is 4. The van der Waals surface area contributed by atoms with E-state index in [9.17, 15) is 4.79 Å². The molecule has 1 aliphatic rings. The molecule has 0 bridgehead atoms.